The van der Waals surface area contributed by atoms with Crippen LogP contribution in [0.4, 0.5) is 5.00 Å². The van der Waals surface area contributed by atoms with Gasteiger partial charge in [0.1, 0.15) is 11.2 Å². The van der Waals surface area contributed by atoms with Gasteiger partial charge in [0.05, 0.1) is 5.56 Å². The molecule has 0 spiro atoms. The number of amides is 1. The second-order valence-corrected chi connectivity index (χ2v) is 7.01. The minimum Gasteiger partial charge on any atom is -0.361 e. The number of benzene rings is 1. The Morgan fingerprint density at radius 1 is 1.14 bits per heavy atom. The molecule has 2 aromatic heterocycles. The van der Waals surface area contributed by atoms with Crippen molar-refractivity contribution in [2.45, 2.75) is 25.4 Å². The van der Waals surface area contributed by atoms with E-state index in [1.807, 2.05) is 18.3 Å². The Balaban J connectivity index is 1.59. The van der Waals surface area contributed by atoms with Gasteiger partial charge in [0.2, 0.25) is 0 Å². The molecule has 0 saturated heterocycles. The quantitative estimate of drug-likeness (QED) is 0.643. The standard InChI is InChI=1S/C17H15N3OS/c21-16-14-10-5-3-7-13(10)22-17(14)20-15(19-16)11-8-18-12-6-2-1-4-9(11)12/h1-2,4,6,8,15,18,20H,3,5,7H2,(H,19,21). The van der Waals surface area contributed by atoms with E-state index in [0.717, 1.165) is 39.9 Å². The molecule has 1 aliphatic heterocycles. The Labute approximate surface area is 131 Å². The minimum atomic E-state index is -0.171. The van der Waals surface area contributed by atoms with Gasteiger partial charge in [0.15, 0.2) is 0 Å². The molecule has 1 aromatic carbocycles. The number of aryl methyl sites for hydroxylation is 1. The Morgan fingerprint density at radius 2 is 2.05 bits per heavy atom. The van der Waals surface area contributed by atoms with Gasteiger partial charge in [-0.1, -0.05) is 18.2 Å². The summed E-state index contributed by atoms with van der Waals surface area (Å²) in [6, 6.07) is 8.17. The first-order valence-electron chi connectivity index (χ1n) is 7.59. The number of thiophene rings is 1. The molecule has 22 heavy (non-hydrogen) atoms. The maximum Gasteiger partial charge on any atom is 0.256 e. The number of anilines is 1. The summed E-state index contributed by atoms with van der Waals surface area (Å²) in [4.78, 5) is 17.3. The number of carbonyl (C=O) groups excluding carboxylic acids is 1. The zero-order valence-corrected chi connectivity index (χ0v) is 12.7. The third-order valence-corrected chi connectivity index (χ3v) is 5.85. The fraction of sp³-hybridized carbons (Fsp3) is 0.235. The van der Waals surface area contributed by atoms with Crippen molar-refractivity contribution >= 4 is 33.1 Å². The Kier molecular flexibility index (Phi) is 2.44. The molecule has 1 atom stereocenters. The molecule has 5 heteroatoms. The van der Waals surface area contributed by atoms with Gasteiger partial charge in [0, 0.05) is 27.5 Å². The van der Waals surface area contributed by atoms with Gasteiger partial charge < -0.3 is 15.6 Å². The molecular weight excluding hydrogens is 294 g/mol. The van der Waals surface area contributed by atoms with E-state index in [1.165, 1.54) is 16.9 Å². The van der Waals surface area contributed by atoms with Crippen molar-refractivity contribution in [2.75, 3.05) is 5.32 Å². The van der Waals surface area contributed by atoms with Crippen LogP contribution in [0.25, 0.3) is 10.9 Å². The molecule has 5 rings (SSSR count). The summed E-state index contributed by atoms with van der Waals surface area (Å²) in [6.45, 7) is 0. The molecular formula is C17H15N3OS. The first-order valence-corrected chi connectivity index (χ1v) is 8.41. The second kappa shape index (κ2) is 4.36. The monoisotopic (exact) mass is 309 g/mol. The van der Waals surface area contributed by atoms with E-state index < -0.39 is 0 Å². The summed E-state index contributed by atoms with van der Waals surface area (Å²) in [5.41, 5.74) is 4.33. The number of fused-ring (bicyclic) bond motifs is 4. The summed E-state index contributed by atoms with van der Waals surface area (Å²) in [7, 11) is 0. The zero-order chi connectivity index (χ0) is 14.7. The average Bonchev–Trinajstić information content (AvgIpc) is 3.19. The number of aromatic amines is 1. The van der Waals surface area contributed by atoms with Gasteiger partial charge in [-0.15, -0.1) is 11.3 Å². The number of carbonyl (C=O) groups is 1. The normalized spacial score (nSPS) is 19.6. The number of aromatic nitrogens is 1. The van der Waals surface area contributed by atoms with Crippen LogP contribution in [0.15, 0.2) is 30.5 Å². The van der Waals surface area contributed by atoms with Crippen molar-refractivity contribution in [3.05, 3.63) is 52.0 Å². The van der Waals surface area contributed by atoms with Crippen LogP contribution < -0.4 is 10.6 Å². The lowest BCUT2D eigenvalue weighted by molar-refractivity contribution is 0.0936. The average molecular weight is 309 g/mol. The van der Waals surface area contributed by atoms with Crippen molar-refractivity contribution in [2.24, 2.45) is 0 Å². The van der Waals surface area contributed by atoms with Crippen LogP contribution in [-0.4, -0.2) is 10.9 Å². The van der Waals surface area contributed by atoms with E-state index in [9.17, 15) is 4.79 Å². The number of para-hydroxylation sites is 1. The van der Waals surface area contributed by atoms with Gasteiger partial charge in [-0.3, -0.25) is 4.79 Å². The van der Waals surface area contributed by atoms with E-state index in [-0.39, 0.29) is 12.1 Å². The smallest absolute Gasteiger partial charge is 0.256 e. The van der Waals surface area contributed by atoms with Crippen LogP contribution in [0, 0.1) is 0 Å². The van der Waals surface area contributed by atoms with Crippen LogP contribution in [0.1, 0.15) is 38.9 Å². The summed E-state index contributed by atoms with van der Waals surface area (Å²) < 4.78 is 0. The highest BCUT2D eigenvalue weighted by atomic mass is 32.1. The van der Waals surface area contributed by atoms with Gasteiger partial charge in [0.25, 0.3) is 5.91 Å². The van der Waals surface area contributed by atoms with E-state index in [2.05, 4.69) is 27.8 Å². The topological polar surface area (TPSA) is 56.9 Å². The summed E-state index contributed by atoms with van der Waals surface area (Å²) >= 11 is 1.75. The van der Waals surface area contributed by atoms with E-state index in [0.29, 0.717) is 0 Å². The lowest BCUT2D eigenvalue weighted by atomic mass is 10.1. The summed E-state index contributed by atoms with van der Waals surface area (Å²) in [5, 5.41) is 8.81. The number of nitrogens with one attached hydrogen (secondary N) is 3. The molecule has 3 N–H and O–H groups in total. The fourth-order valence-corrected chi connectivity index (χ4v) is 4.92. The highest BCUT2D eigenvalue weighted by Crippen LogP contribution is 2.42. The third-order valence-electron chi connectivity index (χ3n) is 4.63. The van der Waals surface area contributed by atoms with Crippen LogP contribution in [0.5, 0.6) is 0 Å². The van der Waals surface area contributed by atoms with Gasteiger partial charge in [-0.2, -0.15) is 0 Å². The predicted molar refractivity (Wildman–Crippen MR) is 88.5 cm³/mol. The molecule has 0 bridgehead atoms. The number of hydrogen-bond acceptors (Lipinski definition) is 3. The van der Waals surface area contributed by atoms with Crippen molar-refractivity contribution in [3.8, 4) is 0 Å². The van der Waals surface area contributed by atoms with Crippen LogP contribution in [0.2, 0.25) is 0 Å². The molecule has 110 valence electrons. The first kappa shape index (κ1) is 12.3. The SMILES string of the molecule is O=C1NC(c2c[nH]c3ccccc23)Nc2sc3c(c21)CCC3. The maximum absolute atomic E-state index is 12.6. The van der Waals surface area contributed by atoms with E-state index in [1.54, 1.807) is 11.3 Å². The molecule has 1 unspecified atom stereocenters. The van der Waals surface area contributed by atoms with E-state index >= 15 is 0 Å². The highest BCUT2D eigenvalue weighted by molar-refractivity contribution is 7.16. The predicted octanol–water partition coefficient (Wildman–Crippen LogP) is 3.57. The zero-order valence-electron chi connectivity index (χ0n) is 11.9. The van der Waals surface area contributed by atoms with Crippen molar-refractivity contribution < 1.29 is 4.79 Å². The van der Waals surface area contributed by atoms with Gasteiger partial charge >= 0.3 is 0 Å². The largest absolute Gasteiger partial charge is 0.361 e. The molecule has 2 aliphatic rings. The van der Waals surface area contributed by atoms with Crippen LogP contribution in [0.3, 0.4) is 0 Å². The number of rotatable bonds is 1. The number of H-pyrrole nitrogens is 1. The molecule has 3 aromatic rings. The molecule has 3 heterocycles. The molecule has 0 radical (unpaired) electrons. The fourth-order valence-electron chi connectivity index (χ4n) is 3.60. The summed E-state index contributed by atoms with van der Waals surface area (Å²) in [5.74, 6) is 0.0587. The number of hydrogen-bond donors (Lipinski definition) is 3. The van der Waals surface area contributed by atoms with E-state index in [4.69, 9.17) is 0 Å². The molecule has 0 saturated carbocycles. The Bertz CT molecular complexity index is 908. The lowest BCUT2D eigenvalue weighted by Gasteiger charge is -2.26. The van der Waals surface area contributed by atoms with Crippen molar-refractivity contribution in [1.82, 2.24) is 10.3 Å². The molecule has 0 fully saturated rings. The minimum absolute atomic E-state index is 0.0587. The highest BCUT2D eigenvalue weighted by Gasteiger charge is 2.33. The maximum atomic E-state index is 12.6. The van der Waals surface area contributed by atoms with Crippen molar-refractivity contribution in [1.29, 1.82) is 0 Å². The lowest BCUT2D eigenvalue weighted by Crippen LogP contribution is -2.38. The molecule has 1 amide bonds. The Hall–Kier alpha value is -2.27. The Morgan fingerprint density at radius 3 is 3.00 bits per heavy atom. The van der Waals surface area contributed by atoms with Crippen LogP contribution in [-0.2, 0) is 12.8 Å². The summed E-state index contributed by atoms with van der Waals surface area (Å²) in [6.07, 6.45) is 5.13. The van der Waals surface area contributed by atoms with Gasteiger partial charge in [-0.25, -0.2) is 0 Å². The van der Waals surface area contributed by atoms with Gasteiger partial charge in [-0.05, 0) is 30.9 Å². The third kappa shape index (κ3) is 1.60. The molecule has 4 nitrogen and oxygen atoms in total. The van der Waals surface area contributed by atoms with Crippen molar-refractivity contribution in [3.63, 3.8) is 0 Å². The molecule has 1 aliphatic carbocycles. The first-order chi connectivity index (χ1) is 10.8. The van der Waals surface area contributed by atoms with Crippen LogP contribution >= 0.6 is 11.3 Å². The second-order valence-electron chi connectivity index (χ2n) is 5.90.